The summed E-state index contributed by atoms with van der Waals surface area (Å²) < 4.78 is 3.60. The standard InChI is InChI=1S/C21H28O4.H4O5P2/c1-3-16-9-5-7-11-18(16)21(25,20(13-22,14-23)15-24)19-12-8-6-10-17(19)4-2;1-6(2)5-7(3)4/h5-12,22-25H,3-4,13-15H2,1-2H3;1-4H. The van der Waals surface area contributed by atoms with Crippen molar-refractivity contribution in [2.24, 2.45) is 5.41 Å². The third-order valence-electron chi connectivity index (χ3n) is 5.40. The molecule has 0 radical (unpaired) electrons. The van der Waals surface area contributed by atoms with E-state index in [2.05, 4.69) is 4.31 Å². The molecule has 0 atom stereocenters. The lowest BCUT2D eigenvalue weighted by molar-refractivity contribution is -0.136. The molecule has 2 aromatic rings. The van der Waals surface area contributed by atoms with Crippen LogP contribution in [0.25, 0.3) is 0 Å². The van der Waals surface area contributed by atoms with Crippen molar-refractivity contribution in [1.82, 2.24) is 0 Å². The zero-order chi connectivity index (χ0) is 24.4. The summed E-state index contributed by atoms with van der Waals surface area (Å²) in [6.07, 6.45) is 1.37. The summed E-state index contributed by atoms with van der Waals surface area (Å²) in [5.74, 6) is 0. The zero-order valence-corrected chi connectivity index (χ0v) is 19.8. The summed E-state index contributed by atoms with van der Waals surface area (Å²) >= 11 is 0. The Hall–Kier alpha value is -1.06. The van der Waals surface area contributed by atoms with Crippen molar-refractivity contribution in [3.8, 4) is 0 Å². The quantitative estimate of drug-likeness (QED) is 0.230. The molecule has 11 heteroatoms. The van der Waals surface area contributed by atoms with E-state index in [9.17, 15) is 20.4 Å². The van der Waals surface area contributed by atoms with Crippen molar-refractivity contribution in [3.05, 3.63) is 70.8 Å². The van der Waals surface area contributed by atoms with Gasteiger partial charge < -0.3 is 40.0 Å². The molecular weight excluding hydrogens is 458 g/mol. The van der Waals surface area contributed by atoms with Gasteiger partial charge in [-0.05, 0) is 35.1 Å². The van der Waals surface area contributed by atoms with E-state index in [0.717, 1.165) is 11.1 Å². The maximum atomic E-state index is 12.0. The van der Waals surface area contributed by atoms with Crippen molar-refractivity contribution in [1.29, 1.82) is 0 Å². The molecule has 0 bridgehead atoms. The first-order valence-corrected chi connectivity index (χ1v) is 12.3. The second kappa shape index (κ2) is 13.6. The Bertz CT molecular complexity index is 752. The molecular formula is C21H32O9P2. The summed E-state index contributed by atoms with van der Waals surface area (Å²) in [6.45, 7) is 2.33. The van der Waals surface area contributed by atoms with Gasteiger partial charge in [0, 0.05) is 0 Å². The molecule has 0 amide bonds. The summed E-state index contributed by atoms with van der Waals surface area (Å²) in [7, 11) is -5.22. The van der Waals surface area contributed by atoms with Gasteiger partial charge in [-0.1, -0.05) is 62.4 Å². The Morgan fingerprint density at radius 2 is 1.03 bits per heavy atom. The number of aryl methyl sites for hydroxylation is 2. The lowest BCUT2D eigenvalue weighted by Crippen LogP contribution is -2.54. The number of hydrogen-bond donors (Lipinski definition) is 8. The van der Waals surface area contributed by atoms with Crippen LogP contribution >= 0.6 is 17.2 Å². The molecule has 0 unspecified atom stereocenters. The summed E-state index contributed by atoms with van der Waals surface area (Å²) in [5.41, 5.74) is -0.189. The predicted molar refractivity (Wildman–Crippen MR) is 122 cm³/mol. The highest BCUT2D eigenvalue weighted by atomic mass is 31.2. The molecule has 2 aromatic carbocycles. The number of aliphatic hydroxyl groups is 4. The third kappa shape index (κ3) is 6.50. The first-order chi connectivity index (χ1) is 15.2. The lowest BCUT2D eigenvalue weighted by atomic mass is 9.63. The molecule has 0 spiro atoms. The van der Waals surface area contributed by atoms with Crippen LogP contribution < -0.4 is 0 Å². The van der Waals surface area contributed by atoms with Crippen molar-refractivity contribution in [3.63, 3.8) is 0 Å². The topological polar surface area (TPSA) is 171 Å². The van der Waals surface area contributed by atoms with E-state index in [0.29, 0.717) is 24.0 Å². The van der Waals surface area contributed by atoms with Crippen LogP contribution in [-0.2, 0) is 22.8 Å². The summed E-state index contributed by atoms with van der Waals surface area (Å²) in [6, 6.07) is 14.9. The third-order valence-corrected chi connectivity index (χ3v) is 6.57. The SMILES string of the molecule is CCc1ccccc1C(O)(c1ccccc1CC)C(CO)(CO)CO.OP(O)OP(O)O. The van der Waals surface area contributed by atoms with Gasteiger partial charge >= 0.3 is 17.2 Å². The predicted octanol–water partition coefficient (Wildman–Crippen LogP) is 1.44. The Labute approximate surface area is 190 Å². The van der Waals surface area contributed by atoms with Gasteiger partial charge in [0.2, 0.25) is 0 Å². The maximum absolute atomic E-state index is 12.0. The number of rotatable bonds is 10. The molecule has 0 aliphatic heterocycles. The second-order valence-electron chi connectivity index (χ2n) is 7.07. The number of hydrogen-bond acceptors (Lipinski definition) is 9. The van der Waals surface area contributed by atoms with Gasteiger partial charge in [0.1, 0.15) is 5.60 Å². The number of aliphatic hydroxyl groups excluding tert-OH is 3. The molecule has 32 heavy (non-hydrogen) atoms. The highest BCUT2D eigenvalue weighted by molar-refractivity contribution is 7.53. The smallest absolute Gasteiger partial charge is 0.334 e. The van der Waals surface area contributed by atoms with Gasteiger partial charge in [-0.25, -0.2) is 4.31 Å². The van der Waals surface area contributed by atoms with E-state index in [-0.39, 0.29) is 0 Å². The summed E-state index contributed by atoms with van der Waals surface area (Å²) in [4.78, 5) is 31.3. The largest absolute Gasteiger partial charge is 0.395 e. The van der Waals surface area contributed by atoms with Gasteiger partial charge in [0.15, 0.2) is 0 Å². The molecule has 0 saturated carbocycles. The van der Waals surface area contributed by atoms with Crippen LogP contribution in [0.2, 0.25) is 0 Å². The Kier molecular flexibility index (Phi) is 12.3. The second-order valence-corrected chi connectivity index (χ2v) is 8.74. The first kappa shape index (κ1) is 29.0. The molecule has 2 rings (SSSR count). The van der Waals surface area contributed by atoms with Crippen LogP contribution in [0, 0.1) is 5.41 Å². The van der Waals surface area contributed by atoms with Crippen molar-refractivity contribution >= 4 is 17.2 Å². The van der Waals surface area contributed by atoms with Crippen molar-refractivity contribution in [2.45, 2.75) is 32.3 Å². The zero-order valence-electron chi connectivity index (χ0n) is 18.0. The number of benzene rings is 2. The fourth-order valence-corrected chi connectivity index (χ4v) is 4.16. The van der Waals surface area contributed by atoms with E-state index in [4.69, 9.17) is 19.6 Å². The van der Waals surface area contributed by atoms with Crippen molar-refractivity contribution < 1.29 is 44.3 Å². The summed E-state index contributed by atoms with van der Waals surface area (Å²) in [5, 5.41) is 42.3. The van der Waals surface area contributed by atoms with E-state index in [1.54, 1.807) is 12.1 Å². The molecule has 0 aromatic heterocycles. The minimum Gasteiger partial charge on any atom is -0.395 e. The Morgan fingerprint density at radius 3 is 1.28 bits per heavy atom. The molecule has 9 nitrogen and oxygen atoms in total. The van der Waals surface area contributed by atoms with Crippen molar-refractivity contribution in [2.75, 3.05) is 19.8 Å². The average molecular weight is 490 g/mol. The normalized spacial score (nSPS) is 12.1. The minimum atomic E-state index is -2.61. The van der Waals surface area contributed by atoms with E-state index >= 15 is 0 Å². The van der Waals surface area contributed by atoms with Gasteiger partial charge in [0.05, 0.1) is 25.2 Å². The van der Waals surface area contributed by atoms with Crippen LogP contribution in [0.1, 0.15) is 36.1 Å². The molecule has 0 aliphatic rings. The van der Waals surface area contributed by atoms with Crippen LogP contribution in [0.5, 0.6) is 0 Å². The average Bonchev–Trinajstić information content (AvgIpc) is 2.79. The van der Waals surface area contributed by atoms with Crippen LogP contribution in [0.15, 0.2) is 48.5 Å². The van der Waals surface area contributed by atoms with E-state index in [1.807, 2.05) is 50.2 Å². The van der Waals surface area contributed by atoms with E-state index < -0.39 is 48.0 Å². The fraction of sp³-hybridized carbons (Fsp3) is 0.429. The highest BCUT2D eigenvalue weighted by Crippen LogP contribution is 2.47. The van der Waals surface area contributed by atoms with Crippen LogP contribution in [0.3, 0.4) is 0 Å². The Morgan fingerprint density at radius 1 is 0.688 bits per heavy atom. The molecule has 0 aliphatic carbocycles. The lowest BCUT2D eigenvalue weighted by Gasteiger charge is -2.46. The van der Waals surface area contributed by atoms with Crippen LogP contribution in [0.4, 0.5) is 0 Å². The van der Waals surface area contributed by atoms with E-state index in [1.165, 1.54) is 0 Å². The maximum Gasteiger partial charge on any atom is 0.334 e. The molecule has 0 saturated heterocycles. The molecule has 8 N–H and O–H groups in total. The van der Waals surface area contributed by atoms with Gasteiger partial charge in [-0.3, -0.25) is 0 Å². The van der Waals surface area contributed by atoms with Gasteiger partial charge in [-0.15, -0.1) is 0 Å². The fourth-order valence-electron chi connectivity index (χ4n) is 3.64. The molecule has 0 fully saturated rings. The minimum absolute atomic E-state index is 0.549. The van der Waals surface area contributed by atoms with Gasteiger partial charge in [-0.2, -0.15) is 0 Å². The monoisotopic (exact) mass is 490 g/mol. The first-order valence-electron chi connectivity index (χ1n) is 9.92. The molecule has 180 valence electrons. The molecule has 0 heterocycles. The Balaban J connectivity index is 0.000000633. The van der Waals surface area contributed by atoms with Gasteiger partial charge in [0.25, 0.3) is 0 Å². The highest BCUT2D eigenvalue weighted by Gasteiger charge is 2.53. The van der Waals surface area contributed by atoms with Crippen LogP contribution in [-0.4, -0.2) is 59.8 Å².